The summed E-state index contributed by atoms with van der Waals surface area (Å²) < 4.78 is 13.2. The number of amides is 1. The SMILES string of the molecule is O=C(CN[C@@H]1CCC[C@@H]1CCO)N[C@@H](c1ccc(F)cc1)c1cccs1. The molecule has 3 atom stereocenters. The highest BCUT2D eigenvalue weighted by Gasteiger charge is 2.27. The molecular formula is C20H25FN2O2S. The summed E-state index contributed by atoms with van der Waals surface area (Å²) in [6.45, 7) is 0.440. The Labute approximate surface area is 157 Å². The lowest BCUT2D eigenvalue weighted by molar-refractivity contribution is -0.120. The van der Waals surface area contributed by atoms with Crippen LogP contribution < -0.4 is 10.6 Å². The monoisotopic (exact) mass is 376 g/mol. The molecule has 0 spiro atoms. The number of nitrogens with one attached hydrogen (secondary N) is 2. The van der Waals surface area contributed by atoms with Crippen molar-refractivity contribution in [1.29, 1.82) is 0 Å². The Morgan fingerprint density at radius 2 is 2.08 bits per heavy atom. The molecular weight excluding hydrogens is 351 g/mol. The molecule has 1 fully saturated rings. The molecule has 0 unspecified atom stereocenters. The van der Waals surface area contributed by atoms with E-state index in [2.05, 4.69) is 10.6 Å². The fourth-order valence-electron chi connectivity index (χ4n) is 3.68. The van der Waals surface area contributed by atoms with Crippen LogP contribution >= 0.6 is 11.3 Å². The Morgan fingerprint density at radius 1 is 1.27 bits per heavy atom. The van der Waals surface area contributed by atoms with Crippen LogP contribution in [0.5, 0.6) is 0 Å². The van der Waals surface area contributed by atoms with Gasteiger partial charge < -0.3 is 15.7 Å². The van der Waals surface area contributed by atoms with Crippen LogP contribution in [-0.4, -0.2) is 30.2 Å². The molecule has 1 aliphatic rings. The first-order valence-corrected chi connectivity index (χ1v) is 9.98. The molecule has 1 saturated carbocycles. The molecule has 1 aromatic heterocycles. The van der Waals surface area contributed by atoms with Crippen molar-refractivity contribution in [3.8, 4) is 0 Å². The van der Waals surface area contributed by atoms with Crippen molar-refractivity contribution in [2.45, 2.75) is 37.8 Å². The van der Waals surface area contributed by atoms with Gasteiger partial charge in [0.2, 0.25) is 5.91 Å². The zero-order valence-electron chi connectivity index (χ0n) is 14.7. The van der Waals surface area contributed by atoms with Gasteiger partial charge in [0.25, 0.3) is 0 Å². The second kappa shape index (κ2) is 9.26. The van der Waals surface area contributed by atoms with Crippen LogP contribution in [0.2, 0.25) is 0 Å². The molecule has 6 heteroatoms. The van der Waals surface area contributed by atoms with Crippen LogP contribution in [0.1, 0.15) is 42.2 Å². The van der Waals surface area contributed by atoms with Crippen LogP contribution in [0.15, 0.2) is 41.8 Å². The van der Waals surface area contributed by atoms with Crippen molar-refractivity contribution in [1.82, 2.24) is 10.6 Å². The Balaban J connectivity index is 1.61. The van der Waals surface area contributed by atoms with Crippen molar-refractivity contribution in [3.63, 3.8) is 0 Å². The van der Waals surface area contributed by atoms with Crippen LogP contribution in [0, 0.1) is 11.7 Å². The Kier molecular flexibility index (Phi) is 6.77. The van der Waals surface area contributed by atoms with E-state index >= 15 is 0 Å². The number of hydrogen-bond donors (Lipinski definition) is 3. The maximum Gasteiger partial charge on any atom is 0.234 e. The van der Waals surface area contributed by atoms with Crippen molar-refractivity contribution in [2.75, 3.05) is 13.2 Å². The molecule has 3 N–H and O–H groups in total. The van der Waals surface area contributed by atoms with Gasteiger partial charge in [-0.2, -0.15) is 0 Å². The summed E-state index contributed by atoms with van der Waals surface area (Å²) in [5.41, 5.74) is 0.862. The van der Waals surface area contributed by atoms with Gasteiger partial charge in [0.15, 0.2) is 0 Å². The van der Waals surface area contributed by atoms with Crippen molar-refractivity contribution >= 4 is 17.2 Å². The third-order valence-electron chi connectivity index (χ3n) is 5.02. The van der Waals surface area contributed by atoms with E-state index in [4.69, 9.17) is 5.11 Å². The maximum atomic E-state index is 13.2. The van der Waals surface area contributed by atoms with Crippen molar-refractivity contribution in [2.24, 2.45) is 5.92 Å². The van der Waals surface area contributed by atoms with E-state index in [-0.39, 0.29) is 30.9 Å². The molecule has 4 nitrogen and oxygen atoms in total. The van der Waals surface area contributed by atoms with E-state index in [0.29, 0.717) is 12.0 Å². The van der Waals surface area contributed by atoms with Crippen LogP contribution in [0.25, 0.3) is 0 Å². The van der Waals surface area contributed by atoms with Gasteiger partial charge in [-0.1, -0.05) is 24.6 Å². The lowest BCUT2D eigenvalue weighted by atomic mass is 10.00. The Morgan fingerprint density at radius 3 is 2.77 bits per heavy atom. The number of aliphatic hydroxyl groups is 1. The van der Waals surface area contributed by atoms with Crippen LogP contribution in [0.4, 0.5) is 4.39 Å². The average Bonchev–Trinajstić information content (AvgIpc) is 3.31. The quantitative estimate of drug-likeness (QED) is 0.663. The van der Waals surface area contributed by atoms with Gasteiger partial charge in [0, 0.05) is 17.5 Å². The number of carbonyl (C=O) groups is 1. The standard InChI is InChI=1S/C20H25FN2O2S/c21-16-8-6-15(7-9-16)20(18-5-2-12-26-18)23-19(25)13-22-17-4-1-3-14(17)10-11-24/h2,5-9,12,14,17,20,22,24H,1,3-4,10-11,13H2,(H,23,25)/t14-,17-,20+/m1/s1. The highest BCUT2D eigenvalue weighted by Crippen LogP contribution is 2.28. The molecule has 1 heterocycles. The second-order valence-electron chi connectivity index (χ2n) is 6.76. The van der Waals surface area contributed by atoms with Crippen LogP contribution in [0.3, 0.4) is 0 Å². The first-order valence-electron chi connectivity index (χ1n) is 9.10. The maximum absolute atomic E-state index is 13.2. The van der Waals surface area contributed by atoms with Crippen molar-refractivity contribution in [3.05, 3.63) is 58.0 Å². The number of halogens is 1. The lowest BCUT2D eigenvalue weighted by Crippen LogP contribution is -2.42. The van der Waals surface area contributed by atoms with Gasteiger partial charge >= 0.3 is 0 Å². The highest BCUT2D eigenvalue weighted by atomic mass is 32.1. The van der Waals surface area contributed by atoms with E-state index in [1.165, 1.54) is 12.1 Å². The molecule has 0 bridgehead atoms. The number of carbonyl (C=O) groups excluding carboxylic acids is 1. The fourth-order valence-corrected chi connectivity index (χ4v) is 4.48. The lowest BCUT2D eigenvalue weighted by Gasteiger charge is -2.22. The molecule has 0 saturated heterocycles. The minimum absolute atomic E-state index is 0.0811. The molecule has 1 aliphatic carbocycles. The number of aliphatic hydroxyl groups excluding tert-OH is 1. The van der Waals surface area contributed by atoms with Gasteiger partial charge in [-0.05, 0) is 54.3 Å². The van der Waals surface area contributed by atoms with Crippen LogP contribution in [-0.2, 0) is 4.79 Å². The molecule has 1 aromatic carbocycles. The Hall–Kier alpha value is -1.76. The zero-order valence-corrected chi connectivity index (χ0v) is 15.5. The molecule has 3 rings (SSSR count). The topological polar surface area (TPSA) is 61.4 Å². The van der Waals surface area contributed by atoms with E-state index in [1.54, 1.807) is 23.5 Å². The van der Waals surface area contributed by atoms with Gasteiger partial charge in [0.1, 0.15) is 5.82 Å². The summed E-state index contributed by atoms with van der Waals surface area (Å²) in [7, 11) is 0. The highest BCUT2D eigenvalue weighted by molar-refractivity contribution is 7.10. The third-order valence-corrected chi connectivity index (χ3v) is 5.96. The molecule has 2 aromatic rings. The van der Waals surface area contributed by atoms with E-state index in [1.807, 2.05) is 17.5 Å². The predicted molar refractivity (Wildman–Crippen MR) is 102 cm³/mol. The molecule has 0 aliphatic heterocycles. The minimum Gasteiger partial charge on any atom is -0.396 e. The predicted octanol–water partition coefficient (Wildman–Crippen LogP) is 3.23. The summed E-state index contributed by atoms with van der Waals surface area (Å²) in [5, 5.41) is 17.5. The molecule has 1 amide bonds. The first kappa shape index (κ1) is 19.0. The normalized spacial score (nSPS) is 20.8. The number of rotatable bonds is 8. The first-order chi connectivity index (χ1) is 12.7. The number of benzene rings is 1. The average molecular weight is 376 g/mol. The molecule has 140 valence electrons. The van der Waals surface area contributed by atoms with Gasteiger partial charge in [-0.15, -0.1) is 11.3 Å². The second-order valence-corrected chi connectivity index (χ2v) is 7.74. The Bertz CT molecular complexity index is 690. The zero-order chi connectivity index (χ0) is 18.4. The largest absolute Gasteiger partial charge is 0.396 e. The van der Waals surface area contributed by atoms with Gasteiger partial charge in [-0.25, -0.2) is 4.39 Å². The molecule has 0 radical (unpaired) electrons. The summed E-state index contributed by atoms with van der Waals surface area (Å²) in [5.74, 6) is 0.0724. The smallest absolute Gasteiger partial charge is 0.234 e. The van der Waals surface area contributed by atoms with Gasteiger partial charge in [0.05, 0.1) is 12.6 Å². The summed E-state index contributed by atoms with van der Waals surface area (Å²) >= 11 is 1.57. The van der Waals surface area contributed by atoms with E-state index in [9.17, 15) is 9.18 Å². The fraction of sp³-hybridized carbons (Fsp3) is 0.450. The molecule has 26 heavy (non-hydrogen) atoms. The van der Waals surface area contributed by atoms with E-state index in [0.717, 1.165) is 36.1 Å². The number of thiophene rings is 1. The minimum atomic E-state index is -0.289. The van der Waals surface area contributed by atoms with E-state index < -0.39 is 0 Å². The van der Waals surface area contributed by atoms with Gasteiger partial charge in [-0.3, -0.25) is 4.79 Å². The summed E-state index contributed by atoms with van der Waals surface area (Å²) in [6.07, 6.45) is 4.07. The number of hydrogen-bond acceptors (Lipinski definition) is 4. The summed E-state index contributed by atoms with van der Waals surface area (Å²) in [4.78, 5) is 13.5. The third kappa shape index (κ3) is 4.90. The summed E-state index contributed by atoms with van der Waals surface area (Å²) in [6, 6.07) is 10.2. The van der Waals surface area contributed by atoms with Crippen molar-refractivity contribution < 1.29 is 14.3 Å².